The third kappa shape index (κ3) is 3.56. The number of methoxy groups -OCH3 is 1. The minimum Gasteiger partial charge on any atom is -0.438 e. The van der Waals surface area contributed by atoms with Crippen LogP contribution in [0.15, 0.2) is 28.0 Å². The molecule has 1 aliphatic carbocycles. The maximum atomic E-state index is 12.6. The lowest BCUT2D eigenvalue weighted by atomic mass is 9.80. The van der Waals surface area contributed by atoms with E-state index in [-0.39, 0.29) is 11.9 Å². The van der Waals surface area contributed by atoms with Gasteiger partial charge in [-0.05, 0) is 30.9 Å². The monoisotopic (exact) mass is 379 g/mol. The Bertz CT molecular complexity index is 840. The van der Waals surface area contributed by atoms with Crippen molar-refractivity contribution in [1.82, 2.24) is 14.2 Å². The molecular weight excluding hydrogens is 363 g/mol. The predicted octanol–water partition coefficient (Wildman–Crippen LogP) is 2.48. The molecule has 0 amide bonds. The average Bonchev–Trinajstić information content (AvgIpc) is 3.13. The Morgan fingerprint density at radius 2 is 2.12 bits per heavy atom. The van der Waals surface area contributed by atoms with Crippen LogP contribution in [0.2, 0.25) is 0 Å². The van der Waals surface area contributed by atoms with Gasteiger partial charge >= 0.3 is 16.2 Å². The van der Waals surface area contributed by atoms with E-state index in [9.17, 15) is 21.6 Å². The van der Waals surface area contributed by atoms with Crippen molar-refractivity contribution in [2.24, 2.45) is 5.92 Å². The van der Waals surface area contributed by atoms with Gasteiger partial charge in [0.1, 0.15) is 6.33 Å². The molecule has 2 aromatic rings. The van der Waals surface area contributed by atoms with E-state index < -0.39 is 27.1 Å². The van der Waals surface area contributed by atoms with E-state index in [1.54, 1.807) is 7.11 Å². The summed E-state index contributed by atoms with van der Waals surface area (Å²) in [5.41, 5.74) is 0. The summed E-state index contributed by atoms with van der Waals surface area (Å²) in [6.45, 7) is 0. The molecule has 0 N–H and O–H groups in total. The number of hydrogen-bond donors (Lipinski definition) is 0. The van der Waals surface area contributed by atoms with Crippen LogP contribution >= 0.6 is 0 Å². The highest BCUT2D eigenvalue weighted by Crippen LogP contribution is 2.33. The zero-order chi connectivity index (χ0) is 18.2. The van der Waals surface area contributed by atoms with Crippen molar-refractivity contribution < 1.29 is 30.7 Å². The van der Waals surface area contributed by atoms with E-state index in [1.807, 2.05) is 0 Å². The van der Waals surface area contributed by atoms with Gasteiger partial charge in [0.05, 0.1) is 6.10 Å². The van der Waals surface area contributed by atoms with Crippen LogP contribution in [0.4, 0.5) is 13.2 Å². The van der Waals surface area contributed by atoms with Crippen molar-refractivity contribution in [3.8, 4) is 0 Å². The van der Waals surface area contributed by atoms with Gasteiger partial charge in [-0.2, -0.15) is 21.6 Å². The smallest absolute Gasteiger partial charge is 0.438 e. The quantitative estimate of drug-likeness (QED) is 0.766. The number of nitrogens with zero attached hydrogens (tertiary/aromatic N) is 3. The van der Waals surface area contributed by atoms with Gasteiger partial charge < -0.3 is 9.15 Å². The minimum absolute atomic E-state index is 0.118. The van der Waals surface area contributed by atoms with Crippen LogP contribution in [0, 0.1) is 5.92 Å². The summed E-state index contributed by atoms with van der Waals surface area (Å²) < 4.78 is 72.6. The largest absolute Gasteiger partial charge is 0.449 e. The zero-order valence-corrected chi connectivity index (χ0v) is 14.0. The Balaban J connectivity index is 1.79. The van der Waals surface area contributed by atoms with Gasteiger partial charge in [-0.1, -0.05) is 6.42 Å². The molecule has 0 radical (unpaired) electrons. The number of furan rings is 1. The van der Waals surface area contributed by atoms with Gasteiger partial charge in [-0.3, -0.25) is 0 Å². The van der Waals surface area contributed by atoms with Crippen LogP contribution in [0.25, 0.3) is 0 Å². The van der Waals surface area contributed by atoms with Gasteiger partial charge in [0, 0.05) is 13.5 Å². The summed E-state index contributed by atoms with van der Waals surface area (Å²) >= 11 is 0. The maximum absolute atomic E-state index is 12.6. The lowest BCUT2D eigenvalue weighted by Crippen LogP contribution is -2.30. The first-order chi connectivity index (χ1) is 11.7. The summed E-state index contributed by atoms with van der Waals surface area (Å²) in [4.78, 5) is 3.92. The van der Waals surface area contributed by atoms with Gasteiger partial charge in [-0.25, -0.2) is 4.98 Å². The van der Waals surface area contributed by atoms with Crippen molar-refractivity contribution in [2.75, 3.05) is 7.11 Å². The molecule has 7 nitrogen and oxygen atoms in total. The molecule has 1 unspecified atom stereocenters. The van der Waals surface area contributed by atoms with E-state index in [2.05, 4.69) is 14.5 Å². The first-order valence-electron chi connectivity index (χ1n) is 7.58. The topological polar surface area (TPSA) is 87.2 Å². The highest BCUT2D eigenvalue weighted by molar-refractivity contribution is 7.89. The molecule has 3 rings (SSSR count). The third-order valence-electron chi connectivity index (χ3n) is 4.24. The van der Waals surface area contributed by atoms with Gasteiger partial charge in [0.15, 0.2) is 5.82 Å². The van der Waals surface area contributed by atoms with Crippen LogP contribution in [0.5, 0.6) is 0 Å². The molecule has 1 aliphatic rings. The summed E-state index contributed by atoms with van der Waals surface area (Å²) in [5, 5.41) is 3.01. The minimum atomic E-state index is -4.77. The first kappa shape index (κ1) is 17.9. The molecule has 1 saturated carbocycles. The predicted molar refractivity (Wildman–Crippen MR) is 78.2 cm³/mol. The second kappa shape index (κ2) is 6.45. The number of halogens is 3. The lowest BCUT2D eigenvalue weighted by Gasteiger charge is -2.32. The average molecular weight is 379 g/mol. The van der Waals surface area contributed by atoms with Crippen LogP contribution < -0.4 is 0 Å². The Kier molecular flexibility index (Phi) is 4.62. The fourth-order valence-corrected chi connectivity index (χ4v) is 3.62. The van der Waals surface area contributed by atoms with Crippen molar-refractivity contribution >= 4 is 10.0 Å². The molecule has 2 heterocycles. The molecule has 1 atom stereocenters. The normalized spacial score (nSPS) is 17.4. The van der Waals surface area contributed by atoms with Gasteiger partial charge in [0.2, 0.25) is 10.9 Å². The molecule has 0 aliphatic heterocycles. The number of alkyl halides is 3. The molecule has 11 heteroatoms. The molecule has 0 bridgehead atoms. The second-order valence-electron chi connectivity index (χ2n) is 5.82. The molecule has 0 spiro atoms. The van der Waals surface area contributed by atoms with E-state index in [4.69, 9.17) is 4.74 Å². The fourth-order valence-electron chi connectivity index (χ4n) is 2.63. The third-order valence-corrected chi connectivity index (χ3v) is 5.64. The van der Waals surface area contributed by atoms with Crippen molar-refractivity contribution in [3.05, 3.63) is 30.0 Å². The number of aromatic nitrogens is 3. The first-order valence-corrected chi connectivity index (χ1v) is 9.02. The van der Waals surface area contributed by atoms with E-state index in [0.29, 0.717) is 22.5 Å². The van der Waals surface area contributed by atoms with E-state index in [1.165, 1.54) is 0 Å². The Morgan fingerprint density at radius 1 is 1.40 bits per heavy atom. The number of rotatable bonds is 6. The van der Waals surface area contributed by atoms with Crippen molar-refractivity contribution in [1.29, 1.82) is 0 Å². The SMILES string of the molecule is COC(Cc1ncn(S(=O)(=O)c2ccc(C(F)(F)F)o2)n1)C1CCC1. The Labute approximate surface area is 141 Å². The summed E-state index contributed by atoms with van der Waals surface area (Å²) in [7, 11) is -2.81. The van der Waals surface area contributed by atoms with Crippen molar-refractivity contribution in [3.63, 3.8) is 0 Å². The van der Waals surface area contributed by atoms with Crippen molar-refractivity contribution in [2.45, 2.75) is 43.1 Å². The fraction of sp³-hybridized carbons (Fsp3) is 0.571. The Morgan fingerprint density at radius 3 is 2.64 bits per heavy atom. The Hall–Kier alpha value is -1.88. The van der Waals surface area contributed by atoms with E-state index in [0.717, 1.165) is 31.7 Å². The van der Waals surface area contributed by atoms with Crippen LogP contribution in [-0.2, 0) is 27.4 Å². The molecule has 2 aromatic heterocycles. The molecule has 1 fully saturated rings. The van der Waals surface area contributed by atoms with Crippen LogP contribution in [0.1, 0.15) is 30.8 Å². The summed E-state index contributed by atoms with van der Waals surface area (Å²) in [6.07, 6.45) is -0.429. The second-order valence-corrected chi connectivity index (χ2v) is 7.55. The molecule has 0 aromatic carbocycles. The van der Waals surface area contributed by atoms with Gasteiger partial charge in [0.25, 0.3) is 0 Å². The highest BCUT2D eigenvalue weighted by atomic mass is 32.2. The standard InChI is InChI=1S/C14H16F3N3O4S/c1-23-10(9-3-2-4-9)7-12-18-8-20(19-12)25(21,22)13-6-5-11(24-13)14(15,16)17/h5-6,8-10H,2-4,7H2,1H3. The van der Waals surface area contributed by atoms with E-state index >= 15 is 0 Å². The molecular formula is C14H16F3N3O4S. The summed E-state index contributed by atoms with van der Waals surface area (Å²) in [5.74, 6) is -0.770. The number of hydrogen-bond acceptors (Lipinski definition) is 6. The molecule has 0 saturated heterocycles. The lowest BCUT2D eigenvalue weighted by molar-refractivity contribution is -0.154. The molecule has 138 valence electrons. The van der Waals surface area contributed by atoms with Crippen LogP contribution in [-0.4, -0.2) is 35.8 Å². The zero-order valence-electron chi connectivity index (χ0n) is 13.2. The van der Waals surface area contributed by atoms with Gasteiger partial charge in [-0.15, -0.1) is 9.19 Å². The number of ether oxygens (including phenoxy) is 1. The maximum Gasteiger partial charge on any atom is 0.449 e. The molecule has 25 heavy (non-hydrogen) atoms. The highest BCUT2D eigenvalue weighted by Gasteiger charge is 2.37. The van der Waals surface area contributed by atoms with Crippen LogP contribution in [0.3, 0.4) is 0 Å². The summed E-state index contributed by atoms with van der Waals surface area (Å²) in [6, 6.07) is 1.30.